The van der Waals surface area contributed by atoms with Crippen LogP contribution in [0.1, 0.15) is 86.9 Å². The molecule has 4 fully saturated rings. The molecule has 1 spiro atoms. The Hall–Kier alpha value is -6.61. The van der Waals surface area contributed by atoms with Crippen LogP contribution in [0, 0.1) is 23.2 Å². The molecule has 5 aliphatic rings. The molecule has 0 bridgehead atoms. The molecular formula is C53H64N12O5. The summed E-state index contributed by atoms with van der Waals surface area (Å²) < 4.78 is 0. The van der Waals surface area contributed by atoms with Crippen LogP contribution in [-0.2, 0) is 22.6 Å². The number of fused-ring (bicyclic) bond motifs is 3. The van der Waals surface area contributed by atoms with Crippen molar-refractivity contribution in [3.63, 3.8) is 0 Å². The number of aromatic nitrogens is 5. The van der Waals surface area contributed by atoms with Gasteiger partial charge in [0.15, 0.2) is 5.65 Å². The van der Waals surface area contributed by atoms with E-state index in [1.807, 2.05) is 75.6 Å². The number of aliphatic hydroxyl groups excluding tert-OH is 1. The molecule has 70 heavy (non-hydrogen) atoms. The number of carbonyl (C=O) groups is 3. The van der Waals surface area contributed by atoms with Crippen molar-refractivity contribution in [2.75, 3.05) is 70.3 Å². The van der Waals surface area contributed by atoms with Gasteiger partial charge in [-0.05, 0) is 85.6 Å². The maximum absolute atomic E-state index is 14.1. The number of hydrogen-bond donors (Lipinski definition) is 5. The third-order valence-electron chi connectivity index (χ3n) is 15.3. The molecule has 4 amide bonds. The average Bonchev–Trinajstić information content (AvgIpc) is 3.92. The number of piperidine rings is 1. The monoisotopic (exact) mass is 949 g/mol. The molecule has 10 rings (SSSR count). The van der Waals surface area contributed by atoms with Gasteiger partial charge in [0.1, 0.15) is 17.8 Å². The summed E-state index contributed by atoms with van der Waals surface area (Å²) in [6.07, 6.45) is 11.7. The number of nitrogens with one attached hydrogen (secondary N) is 3. The van der Waals surface area contributed by atoms with Crippen LogP contribution in [0.15, 0.2) is 67.0 Å². The minimum atomic E-state index is -0.883. The Labute approximate surface area is 409 Å². The summed E-state index contributed by atoms with van der Waals surface area (Å²) in [6.45, 7) is 16.2. The first-order valence-corrected chi connectivity index (χ1v) is 24.7. The predicted molar refractivity (Wildman–Crippen MR) is 265 cm³/mol. The number of rotatable bonds is 11. The Bertz CT molecular complexity index is 2780. The van der Waals surface area contributed by atoms with Gasteiger partial charge >= 0.3 is 6.03 Å². The second kappa shape index (κ2) is 19.0. The number of aliphatic hydroxyl groups is 1. The van der Waals surface area contributed by atoms with Gasteiger partial charge in [0.05, 0.1) is 17.8 Å². The molecule has 3 aromatic heterocycles. The number of benzene rings is 2. The van der Waals surface area contributed by atoms with Crippen molar-refractivity contribution in [3.05, 3.63) is 94.9 Å². The minimum absolute atomic E-state index is 0.0194. The van der Waals surface area contributed by atoms with Crippen LogP contribution in [0.2, 0.25) is 0 Å². The lowest BCUT2D eigenvalue weighted by molar-refractivity contribution is -0.142. The molecule has 4 saturated heterocycles. The van der Waals surface area contributed by atoms with Gasteiger partial charge in [-0.25, -0.2) is 14.8 Å². The fraction of sp³-hybridized carbons (Fsp3) is 0.491. The predicted octanol–water partition coefficient (Wildman–Crippen LogP) is 4.43. The Morgan fingerprint density at radius 1 is 0.957 bits per heavy atom. The molecule has 5 N–H and O–H groups in total. The van der Waals surface area contributed by atoms with Gasteiger partial charge < -0.3 is 50.3 Å². The van der Waals surface area contributed by atoms with Crippen molar-refractivity contribution in [1.29, 1.82) is 0 Å². The minimum Gasteiger partial charge on any atom is -0.507 e. The molecule has 8 heterocycles. The zero-order chi connectivity index (χ0) is 48.9. The van der Waals surface area contributed by atoms with Crippen LogP contribution in [0.25, 0.3) is 22.3 Å². The number of carbonyl (C=O) groups excluding carboxylic acids is 3. The fourth-order valence-corrected chi connectivity index (χ4v) is 11.4. The quantitative estimate of drug-likeness (QED) is 0.117. The molecule has 0 unspecified atom stereocenters. The molecule has 4 atom stereocenters. The zero-order valence-electron chi connectivity index (χ0n) is 40.6. The van der Waals surface area contributed by atoms with E-state index in [1.165, 1.54) is 16.0 Å². The maximum Gasteiger partial charge on any atom is 0.318 e. The Morgan fingerprint density at radius 2 is 1.67 bits per heavy atom. The van der Waals surface area contributed by atoms with E-state index < -0.39 is 23.6 Å². The SMILES string of the molecule is C#Cc1ccc(CNC(=O)[C@@H]2C[C@@H](O)CN2C(=O)[C@@H](NC(=O)N2CC3(CN(CCN4CCC(c5cnc(N6CCc7[nH]c8nnc(-c9ccccc9O)cc8c7[C@H]6C)nc5)CC4)C3)C2)C(C)(C)C)cc1. The van der Waals surface area contributed by atoms with Gasteiger partial charge in [0, 0.05) is 117 Å². The number of aromatic amines is 1. The molecule has 0 radical (unpaired) electrons. The van der Waals surface area contributed by atoms with Crippen LogP contribution in [0.5, 0.6) is 5.75 Å². The van der Waals surface area contributed by atoms with E-state index >= 15 is 0 Å². The van der Waals surface area contributed by atoms with Gasteiger partial charge in [-0.1, -0.05) is 51.0 Å². The Morgan fingerprint density at radius 3 is 2.37 bits per heavy atom. The number of phenols is 1. The number of nitrogens with zero attached hydrogens (tertiary/aromatic N) is 9. The maximum atomic E-state index is 14.1. The standard InChI is InChI=1S/C53H64N12O5/c1-6-34-11-13-35(14-12-34)25-54-48(68)43-23-38(66)28-65(43)49(69)46(52(3,4)5)58-51(70)63-31-53(32-63)29-62(30-53)22-21-61-18-15-36(16-19-61)37-26-55-50(56-27-37)64-20-17-41-45(33(64)2)40-24-42(59-60-47(40)57-41)39-9-7-8-10-44(39)67/h1,7-14,24,26-27,33,36,38,43,46,66-67H,15-23,25,28-32H2,2-5H3,(H,54,68)(H,57,60)(H,58,70)/t33-,38-,43+,46-/m1/s1. The van der Waals surface area contributed by atoms with Gasteiger partial charge in [0.2, 0.25) is 17.8 Å². The number of terminal acetylenes is 1. The topological polar surface area (TPSA) is 199 Å². The molecule has 17 heteroatoms. The van der Waals surface area contributed by atoms with Gasteiger partial charge in [-0.2, -0.15) is 0 Å². The number of urea groups is 1. The summed E-state index contributed by atoms with van der Waals surface area (Å²) in [5.74, 6) is 3.17. The van der Waals surface area contributed by atoms with Crippen molar-refractivity contribution in [2.45, 2.75) is 90.1 Å². The van der Waals surface area contributed by atoms with Crippen LogP contribution in [0.3, 0.4) is 0 Å². The van der Waals surface area contributed by atoms with Crippen molar-refractivity contribution in [1.82, 2.24) is 55.4 Å². The molecular weight excluding hydrogens is 885 g/mol. The summed E-state index contributed by atoms with van der Waals surface area (Å²) in [5, 5.41) is 36.9. The summed E-state index contributed by atoms with van der Waals surface area (Å²) in [7, 11) is 0. The molecule has 0 aliphatic carbocycles. The van der Waals surface area contributed by atoms with Crippen LogP contribution in [0.4, 0.5) is 10.7 Å². The lowest BCUT2D eigenvalue weighted by atomic mass is 9.73. The van der Waals surface area contributed by atoms with Gasteiger partial charge in [-0.15, -0.1) is 16.6 Å². The third-order valence-corrected chi connectivity index (χ3v) is 15.3. The normalized spacial score (nSPS) is 22.0. The average molecular weight is 949 g/mol. The Balaban J connectivity index is 0.660. The lowest BCUT2D eigenvalue weighted by Gasteiger charge is -2.60. The van der Waals surface area contributed by atoms with Crippen LogP contribution < -0.4 is 15.5 Å². The first-order valence-electron chi connectivity index (χ1n) is 24.7. The van der Waals surface area contributed by atoms with E-state index in [0.717, 1.165) is 98.9 Å². The molecule has 366 valence electrons. The number of phenolic OH excluding ortho intramolecular Hbond substituents is 1. The second-order valence-corrected chi connectivity index (χ2v) is 21.3. The number of β-amino-alcohol motifs (C(OH)–C–C–N with tert-alkyl or cyclic N) is 1. The van der Waals surface area contributed by atoms with Gasteiger partial charge in [0.25, 0.3) is 0 Å². The zero-order valence-corrected chi connectivity index (χ0v) is 40.6. The summed E-state index contributed by atoms with van der Waals surface area (Å²) in [5.41, 5.74) is 6.58. The summed E-state index contributed by atoms with van der Waals surface area (Å²) in [6, 6.07) is 14.5. The summed E-state index contributed by atoms with van der Waals surface area (Å²) in [4.78, 5) is 65.0. The molecule has 0 saturated carbocycles. The first-order chi connectivity index (χ1) is 33.6. The molecule has 5 aromatic rings. The van der Waals surface area contributed by atoms with Crippen LogP contribution >= 0.6 is 0 Å². The van der Waals surface area contributed by atoms with Gasteiger partial charge in [-0.3, -0.25) is 9.59 Å². The van der Waals surface area contributed by atoms with E-state index in [-0.39, 0.29) is 54.6 Å². The Kier molecular flexibility index (Phi) is 12.7. The number of aromatic hydroxyl groups is 1. The molecule has 5 aliphatic heterocycles. The van der Waals surface area contributed by atoms with Crippen molar-refractivity contribution in [3.8, 4) is 29.4 Å². The number of hydrogen-bond acceptors (Lipinski definition) is 12. The highest BCUT2D eigenvalue weighted by atomic mass is 16.3. The number of para-hydroxylation sites is 1. The van der Waals surface area contributed by atoms with E-state index in [4.69, 9.17) is 16.4 Å². The smallest absolute Gasteiger partial charge is 0.318 e. The van der Waals surface area contributed by atoms with Crippen molar-refractivity contribution in [2.24, 2.45) is 10.8 Å². The van der Waals surface area contributed by atoms with E-state index in [1.54, 1.807) is 17.0 Å². The van der Waals surface area contributed by atoms with E-state index in [9.17, 15) is 24.6 Å². The highest BCUT2D eigenvalue weighted by Crippen LogP contribution is 2.41. The fourth-order valence-electron chi connectivity index (χ4n) is 11.4. The van der Waals surface area contributed by atoms with Crippen molar-refractivity contribution < 1.29 is 24.6 Å². The lowest BCUT2D eigenvalue weighted by Crippen LogP contribution is -2.74. The highest BCUT2D eigenvalue weighted by Gasteiger charge is 2.54. The largest absolute Gasteiger partial charge is 0.507 e. The van der Waals surface area contributed by atoms with E-state index in [2.05, 4.69) is 53.4 Å². The number of amides is 4. The highest BCUT2D eigenvalue weighted by molar-refractivity contribution is 5.93. The third kappa shape index (κ3) is 9.39. The molecule has 17 nitrogen and oxygen atoms in total. The second-order valence-electron chi connectivity index (χ2n) is 21.3. The summed E-state index contributed by atoms with van der Waals surface area (Å²) >= 11 is 0. The number of anilines is 1. The molecule has 2 aromatic carbocycles. The number of likely N-dealkylation sites (tertiary alicyclic amines) is 4. The first kappa shape index (κ1) is 47.1. The number of H-pyrrole nitrogens is 1. The van der Waals surface area contributed by atoms with Crippen LogP contribution in [-0.4, -0.2) is 156 Å². The van der Waals surface area contributed by atoms with Crippen molar-refractivity contribution >= 4 is 34.8 Å². The van der Waals surface area contributed by atoms with E-state index in [0.29, 0.717) is 30.3 Å².